The third kappa shape index (κ3) is 5.91. The molecule has 1 rings (SSSR count). The first kappa shape index (κ1) is 17.8. The molecule has 6 nitrogen and oxygen atoms in total. The number of hydrogen-bond donors (Lipinski definition) is 2. The summed E-state index contributed by atoms with van der Waals surface area (Å²) in [6.07, 6.45) is 2.02. The molecule has 0 bridgehead atoms. The Morgan fingerprint density at radius 2 is 1.86 bits per heavy atom. The molecule has 0 aromatic carbocycles. The summed E-state index contributed by atoms with van der Waals surface area (Å²) in [5, 5.41) is 11.9. The highest BCUT2D eigenvalue weighted by molar-refractivity contribution is 5.76. The van der Waals surface area contributed by atoms with Crippen molar-refractivity contribution in [1.82, 2.24) is 15.1 Å². The second-order valence-electron chi connectivity index (χ2n) is 6.57. The Balaban J connectivity index is 2.35. The highest BCUT2D eigenvalue weighted by Crippen LogP contribution is 2.18. The van der Waals surface area contributed by atoms with Gasteiger partial charge in [0.2, 0.25) is 0 Å². The highest BCUT2D eigenvalue weighted by atomic mass is 16.4. The third-order valence-electron chi connectivity index (χ3n) is 4.12. The van der Waals surface area contributed by atoms with Crippen molar-refractivity contribution in [3.05, 3.63) is 0 Å². The second-order valence-corrected chi connectivity index (χ2v) is 6.57. The zero-order valence-corrected chi connectivity index (χ0v) is 13.6. The minimum absolute atomic E-state index is 0.00799. The first-order valence-electron chi connectivity index (χ1n) is 7.71. The molecule has 122 valence electrons. The van der Waals surface area contributed by atoms with Crippen molar-refractivity contribution >= 4 is 12.0 Å². The molecule has 0 saturated carbocycles. The van der Waals surface area contributed by atoms with Crippen molar-refractivity contribution in [1.29, 1.82) is 0 Å². The summed E-state index contributed by atoms with van der Waals surface area (Å²) < 4.78 is 0. The van der Waals surface area contributed by atoms with Crippen LogP contribution in [-0.2, 0) is 4.79 Å². The van der Waals surface area contributed by atoms with E-state index in [0.29, 0.717) is 5.92 Å². The van der Waals surface area contributed by atoms with Gasteiger partial charge in [-0.05, 0) is 38.8 Å². The fourth-order valence-corrected chi connectivity index (χ4v) is 2.75. The van der Waals surface area contributed by atoms with Crippen LogP contribution >= 0.6 is 0 Å². The molecule has 1 aliphatic heterocycles. The molecule has 1 unspecified atom stereocenters. The summed E-state index contributed by atoms with van der Waals surface area (Å²) in [6, 6.07) is -0.134. The van der Waals surface area contributed by atoms with Crippen LogP contribution in [0.2, 0.25) is 0 Å². The zero-order chi connectivity index (χ0) is 16.0. The predicted octanol–water partition coefficient (Wildman–Crippen LogP) is 1.33. The molecule has 0 radical (unpaired) electrons. The molecular formula is C15H29N3O3. The molecule has 1 heterocycles. The maximum absolute atomic E-state index is 12.1. The van der Waals surface area contributed by atoms with E-state index in [1.165, 1.54) is 0 Å². The van der Waals surface area contributed by atoms with Crippen LogP contribution in [0.5, 0.6) is 0 Å². The topological polar surface area (TPSA) is 72.9 Å². The SMILES string of the molecule is CC(C)C(CNC(=O)N1CCC(CN(C)C)CC1)C(=O)O. The Bertz CT molecular complexity index is 350. The van der Waals surface area contributed by atoms with E-state index in [1.807, 2.05) is 13.8 Å². The average Bonchev–Trinajstić information content (AvgIpc) is 2.38. The summed E-state index contributed by atoms with van der Waals surface area (Å²) in [5.41, 5.74) is 0. The number of nitrogens with zero attached hydrogens (tertiary/aromatic N) is 2. The number of hydrogen-bond acceptors (Lipinski definition) is 3. The molecule has 1 aliphatic rings. The van der Waals surface area contributed by atoms with Gasteiger partial charge in [-0.25, -0.2) is 4.79 Å². The number of nitrogens with one attached hydrogen (secondary N) is 1. The van der Waals surface area contributed by atoms with Gasteiger partial charge in [0.05, 0.1) is 5.92 Å². The number of carboxylic acid groups (broad SMARTS) is 1. The fourth-order valence-electron chi connectivity index (χ4n) is 2.75. The summed E-state index contributed by atoms with van der Waals surface area (Å²) >= 11 is 0. The Labute approximate surface area is 127 Å². The van der Waals surface area contributed by atoms with Crippen molar-refractivity contribution in [3.8, 4) is 0 Å². The van der Waals surface area contributed by atoms with Crippen molar-refractivity contribution in [2.24, 2.45) is 17.8 Å². The number of rotatable bonds is 6. The lowest BCUT2D eigenvalue weighted by Crippen LogP contribution is -2.47. The molecule has 0 spiro atoms. The second kappa shape index (κ2) is 8.22. The van der Waals surface area contributed by atoms with Gasteiger partial charge in [-0.3, -0.25) is 4.79 Å². The minimum atomic E-state index is -0.852. The molecule has 1 saturated heterocycles. The number of amides is 2. The van der Waals surface area contributed by atoms with Gasteiger partial charge >= 0.3 is 12.0 Å². The van der Waals surface area contributed by atoms with Crippen LogP contribution in [0.15, 0.2) is 0 Å². The van der Waals surface area contributed by atoms with E-state index in [2.05, 4.69) is 24.3 Å². The van der Waals surface area contributed by atoms with Gasteiger partial charge in [0.1, 0.15) is 0 Å². The molecular weight excluding hydrogens is 270 g/mol. The standard InChI is InChI=1S/C15H29N3O3/c1-11(2)13(14(19)20)9-16-15(21)18-7-5-12(6-8-18)10-17(3)4/h11-13H,5-10H2,1-4H3,(H,16,21)(H,19,20). The van der Waals surface area contributed by atoms with E-state index < -0.39 is 11.9 Å². The fraction of sp³-hybridized carbons (Fsp3) is 0.867. The lowest BCUT2D eigenvalue weighted by Gasteiger charge is -2.33. The van der Waals surface area contributed by atoms with E-state index in [0.717, 1.165) is 32.5 Å². The number of urea groups is 1. The number of likely N-dealkylation sites (tertiary alicyclic amines) is 1. The van der Waals surface area contributed by atoms with Gasteiger partial charge < -0.3 is 20.2 Å². The van der Waals surface area contributed by atoms with E-state index in [9.17, 15) is 9.59 Å². The van der Waals surface area contributed by atoms with Crippen molar-refractivity contribution < 1.29 is 14.7 Å². The maximum atomic E-state index is 12.1. The van der Waals surface area contributed by atoms with Gasteiger partial charge in [-0.2, -0.15) is 0 Å². The van der Waals surface area contributed by atoms with Gasteiger partial charge in [0, 0.05) is 26.2 Å². The highest BCUT2D eigenvalue weighted by Gasteiger charge is 2.26. The number of piperidine rings is 1. The van der Waals surface area contributed by atoms with Crippen molar-refractivity contribution in [2.75, 3.05) is 40.3 Å². The molecule has 0 aliphatic carbocycles. The summed E-state index contributed by atoms with van der Waals surface area (Å²) in [4.78, 5) is 27.2. The maximum Gasteiger partial charge on any atom is 0.317 e. The van der Waals surface area contributed by atoms with E-state index >= 15 is 0 Å². The molecule has 21 heavy (non-hydrogen) atoms. The summed E-state index contributed by atoms with van der Waals surface area (Å²) in [5.74, 6) is -0.727. The van der Waals surface area contributed by atoms with E-state index in [1.54, 1.807) is 4.90 Å². The monoisotopic (exact) mass is 299 g/mol. The average molecular weight is 299 g/mol. The Hall–Kier alpha value is -1.30. The van der Waals surface area contributed by atoms with Gasteiger partial charge in [-0.1, -0.05) is 13.8 Å². The van der Waals surface area contributed by atoms with Crippen LogP contribution in [0.3, 0.4) is 0 Å². The Kier molecular flexibility index (Phi) is 6.95. The summed E-state index contributed by atoms with van der Waals surface area (Å²) in [7, 11) is 4.13. The van der Waals surface area contributed by atoms with Crippen LogP contribution in [0.4, 0.5) is 4.79 Å². The van der Waals surface area contributed by atoms with Gasteiger partial charge in [0.25, 0.3) is 0 Å². The first-order valence-corrected chi connectivity index (χ1v) is 7.71. The first-order chi connectivity index (χ1) is 9.81. The Morgan fingerprint density at radius 3 is 2.29 bits per heavy atom. The molecule has 6 heteroatoms. The molecule has 1 fully saturated rings. The van der Waals surface area contributed by atoms with Gasteiger partial charge in [0.15, 0.2) is 0 Å². The number of carbonyl (C=O) groups excluding carboxylic acids is 1. The van der Waals surface area contributed by atoms with Gasteiger partial charge in [-0.15, -0.1) is 0 Å². The van der Waals surface area contributed by atoms with Crippen molar-refractivity contribution in [2.45, 2.75) is 26.7 Å². The normalized spacial score (nSPS) is 18.1. The van der Waals surface area contributed by atoms with Crippen LogP contribution in [0, 0.1) is 17.8 Å². The predicted molar refractivity (Wildman–Crippen MR) is 82.2 cm³/mol. The van der Waals surface area contributed by atoms with Crippen LogP contribution in [0.1, 0.15) is 26.7 Å². The number of aliphatic carboxylic acids is 1. The molecule has 0 aromatic rings. The minimum Gasteiger partial charge on any atom is -0.481 e. The summed E-state index contributed by atoms with van der Waals surface area (Å²) in [6.45, 7) is 6.48. The zero-order valence-electron chi connectivity index (χ0n) is 13.6. The van der Waals surface area contributed by atoms with E-state index in [-0.39, 0.29) is 18.5 Å². The van der Waals surface area contributed by atoms with E-state index in [4.69, 9.17) is 5.11 Å². The van der Waals surface area contributed by atoms with Crippen LogP contribution in [-0.4, -0.2) is 67.2 Å². The largest absolute Gasteiger partial charge is 0.481 e. The lowest BCUT2D eigenvalue weighted by atomic mass is 9.96. The Morgan fingerprint density at radius 1 is 1.29 bits per heavy atom. The van der Waals surface area contributed by atoms with Crippen LogP contribution in [0.25, 0.3) is 0 Å². The van der Waals surface area contributed by atoms with Crippen molar-refractivity contribution in [3.63, 3.8) is 0 Å². The third-order valence-corrected chi connectivity index (χ3v) is 4.12. The number of carboxylic acids is 1. The molecule has 1 atom stereocenters. The smallest absolute Gasteiger partial charge is 0.317 e. The lowest BCUT2D eigenvalue weighted by molar-refractivity contribution is -0.142. The van der Waals surface area contributed by atoms with Crippen LogP contribution < -0.4 is 5.32 Å². The molecule has 2 N–H and O–H groups in total. The molecule has 0 aromatic heterocycles. The quantitative estimate of drug-likeness (QED) is 0.776. The molecule has 2 amide bonds. The number of carbonyl (C=O) groups is 2.